The molecule has 0 saturated heterocycles. The molecule has 0 amide bonds. The number of carboxylic acid groups (broad SMARTS) is 1. The van der Waals surface area contributed by atoms with Crippen molar-refractivity contribution in [3.63, 3.8) is 0 Å². The zero-order valence-electron chi connectivity index (χ0n) is 8.23. The van der Waals surface area contributed by atoms with Crippen molar-refractivity contribution in [2.45, 2.75) is 38.6 Å². The SMILES string of the molecule is CCCn1cc(C(=O)O)c(C2CC2)n1. The summed E-state index contributed by atoms with van der Waals surface area (Å²) in [7, 11) is 0. The van der Waals surface area contributed by atoms with Crippen molar-refractivity contribution in [2.75, 3.05) is 0 Å². The van der Waals surface area contributed by atoms with Gasteiger partial charge in [0.25, 0.3) is 0 Å². The quantitative estimate of drug-likeness (QED) is 0.796. The van der Waals surface area contributed by atoms with Crippen molar-refractivity contribution in [2.24, 2.45) is 0 Å². The van der Waals surface area contributed by atoms with Gasteiger partial charge in [-0.2, -0.15) is 5.10 Å². The molecule has 1 heterocycles. The Morgan fingerprint density at radius 3 is 2.93 bits per heavy atom. The van der Waals surface area contributed by atoms with Gasteiger partial charge in [0, 0.05) is 18.7 Å². The number of aromatic carboxylic acids is 1. The number of aryl methyl sites for hydroxylation is 1. The minimum absolute atomic E-state index is 0.390. The fourth-order valence-corrected chi connectivity index (χ4v) is 1.60. The third-order valence-electron chi connectivity index (χ3n) is 2.44. The lowest BCUT2D eigenvalue weighted by atomic mass is 10.2. The molecular formula is C10H14N2O2. The van der Waals surface area contributed by atoms with Crippen molar-refractivity contribution < 1.29 is 9.90 Å². The maximum absolute atomic E-state index is 10.9. The topological polar surface area (TPSA) is 55.1 Å². The minimum atomic E-state index is -0.853. The van der Waals surface area contributed by atoms with Crippen LogP contribution in [0, 0.1) is 0 Å². The molecule has 1 aliphatic carbocycles. The van der Waals surface area contributed by atoms with Crippen molar-refractivity contribution in [3.05, 3.63) is 17.5 Å². The largest absolute Gasteiger partial charge is 0.478 e. The van der Waals surface area contributed by atoms with E-state index in [0.717, 1.165) is 31.5 Å². The van der Waals surface area contributed by atoms with E-state index in [0.29, 0.717) is 11.5 Å². The second kappa shape index (κ2) is 3.44. The van der Waals surface area contributed by atoms with E-state index in [1.54, 1.807) is 10.9 Å². The smallest absolute Gasteiger partial charge is 0.339 e. The van der Waals surface area contributed by atoms with Crippen molar-refractivity contribution in [1.82, 2.24) is 9.78 Å². The highest BCUT2D eigenvalue weighted by Crippen LogP contribution is 2.40. The first-order valence-corrected chi connectivity index (χ1v) is 5.03. The predicted molar refractivity (Wildman–Crippen MR) is 51.5 cm³/mol. The average Bonchev–Trinajstić information content (AvgIpc) is 2.88. The summed E-state index contributed by atoms with van der Waals surface area (Å²) in [5, 5.41) is 13.3. The lowest BCUT2D eigenvalue weighted by Gasteiger charge is -1.95. The Kier molecular flexibility index (Phi) is 2.27. The summed E-state index contributed by atoms with van der Waals surface area (Å²) in [6.07, 6.45) is 4.80. The zero-order chi connectivity index (χ0) is 10.1. The number of nitrogens with zero attached hydrogens (tertiary/aromatic N) is 2. The number of aromatic nitrogens is 2. The molecule has 1 saturated carbocycles. The highest BCUT2D eigenvalue weighted by Gasteiger charge is 2.31. The van der Waals surface area contributed by atoms with Gasteiger partial charge in [0.2, 0.25) is 0 Å². The summed E-state index contributed by atoms with van der Waals surface area (Å²) < 4.78 is 1.75. The summed E-state index contributed by atoms with van der Waals surface area (Å²) in [5.41, 5.74) is 1.17. The highest BCUT2D eigenvalue weighted by atomic mass is 16.4. The van der Waals surface area contributed by atoms with Crippen LogP contribution in [0.3, 0.4) is 0 Å². The van der Waals surface area contributed by atoms with Crippen LogP contribution in [0.2, 0.25) is 0 Å². The van der Waals surface area contributed by atoms with Crippen LogP contribution in [0.15, 0.2) is 6.20 Å². The van der Waals surface area contributed by atoms with Crippen molar-refractivity contribution in [3.8, 4) is 0 Å². The van der Waals surface area contributed by atoms with Crippen LogP contribution in [-0.2, 0) is 6.54 Å². The van der Waals surface area contributed by atoms with Gasteiger partial charge in [-0.25, -0.2) is 4.79 Å². The molecule has 0 aromatic carbocycles. The Bertz CT molecular complexity index is 353. The Balaban J connectivity index is 2.30. The molecule has 1 aromatic rings. The standard InChI is InChI=1S/C10H14N2O2/c1-2-5-12-6-8(10(13)14)9(11-12)7-3-4-7/h6-7H,2-5H2,1H3,(H,13,14). The van der Waals surface area contributed by atoms with Crippen molar-refractivity contribution in [1.29, 1.82) is 0 Å². The third kappa shape index (κ3) is 1.64. The Morgan fingerprint density at radius 2 is 2.43 bits per heavy atom. The molecule has 4 heteroatoms. The highest BCUT2D eigenvalue weighted by molar-refractivity contribution is 5.89. The number of hydrogen-bond acceptors (Lipinski definition) is 2. The van der Waals surface area contributed by atoms with E-state index < -0.39 is 5.97 Å². The van der Waals surface area contributed by atoms with Crippen LogP contribution >= 0.6 is 0 Å². The van der Waals surface area contributed by atoms with Gasteiger partial charge in [-0.15, -0.1) is 0 Å². The molecule has 14 heavy (non-hydrogen) atoms. The summed E-state index contributed by atoms with van der Waals surface area (Å²) in [5.74, 6) is -0.451. The van der Waals surface area contributed by atoms with Gasteiger partial charge < -0.3 is 5.11 Å². The molecule has 1 aromatic heterocycles. The normalized spacial score (nSPS) is 15.8. The van der Waals surface area contributed by atoms with Crippen LogP contribution in [0.5, 0.6) is 0 Å². The van der Waals surface area contributed by atoms with Gasteiger partial charge in [-0.1, -0.05) is 6.92 Å². The lowest BCUT2D eigenvalue weighted by molar-refractivity contribution is 0.0695. The van der Waals surface area contributed by atoms with Crippen LogP contribution in [-0.4, -0.2) is 20.9 Å². The molecule has 1 fully saturated rings. The molecule has 4 nitrogen and oxygen atoms in total. The summed E-state index contributed by atoms with van der Waals surface area (Å²) in [6.45, 7) is 2.85. The van der Waals surface area contributed by atoms with E-state index in [-0.39, 0.29) is 0 Å². The van der Waals surface area contributed by atoms with E-state index in [9.17, 15) is 4.79 Å². The van der Waals surface area contributed by atoms with Crippen LogP contribution in [0.25, 0.3) is 0 Å². The van der Waals surface area contributed by atoms with E-state index in [4.69, 9.17) is 5.11 Å². The van der Waals surface area contributed by atoms with Gasteiger partial charge in [-0.05, 0) is 19.3 Å². The molecule has 0 atom stereocenters. The second-order valence-corrected chi connectivity index (χ2v) is 3.77. The maximum Gasteiger partial charge on any atom is 0.339 e. The Labute approximate surface area is 82.5 Å². The Hall–Kier alpha value is -1.32. The van der Waals surface area contributed by atoms with Crippen LogP contribution in [0.4, 0.5) is 0 Å². The van der Waals surface area contributed by atoms with Gasteiger partial charge in [0.05, 0.1) is 5.69 Å². The van der Waals surface area contributed by atoms with E-state index >= 15 is 0 Å². The number of carbonyl (C=O) groups is 1. The maximum atomic E-state index is 10.9. The minimum Gasteiger partial charge on any atom is -0.478 e. The van der Waals surface area contributed by atoms with Gasteiger partial charge >= 0.3 is 5.97 Å². The zero-order valence-corrected chi connectivity index (χ0v) is 8.23. The second-order valence-electron chi connectivity index (χ2n) is 3.77. The monoisotopic (exact) mass is 194 g/mol. The Morgan fingerprint density at radius 1 is 1.71 bits per heavy atom. The van der Waals surface area contributed by atoms with Gasteiger partial charge in [0.15, 0.2) is 0 Å². The average molecular weight is 194 g/mol. The summed E-state index contributed by atoms with van der Waals surface area (Å²) in [6, 6.07) is 0. The van der Waals surface area contributed by atoms with E-state index in [1.807, 2.05) is 0 Å². The molecule has 0 radical (unpaired) electrons. The van der Waals surface area contributed by atoms with Crippen LogP contribution < -0.4 is 0 Å². The molecule has 76 valence electrons. The lowest BCUT2D eigenvalue weighted by Crippen LogP contribution is -1.98. The van der Waals surface area contributed by atoms with Crippen molar-refractivity contribution >= 4 is 5.97 Å². The fraction of sp³-hybridized carbons (Fsp3) is 0.600. The summed E-state index contributed by atoms with van der Waals surface area (Å²) >= 11 is 0. The van der Waals surface area contributed by atoms with Gasteiger partial charge in [0.1, 0.15) is 5.56 Å². The number of rotatable bonds is 4. The number of carboxylic acids is 1. The van der Waals surface area contributed by atoms with E-state index in [2.05, 4.69) is 12.0 Å². The molecule has 0 aliphatic heterocycles. The molecule has 0 unspecified atom stereocenters. The third-order valence-corrected chi connectivity index (χ3v) is 2.44. The first kappa shape index (κ1) is 9.24. The van der Waals surface area contributed by atoms with E-state index in [1.165, 1.54) is 0 Å². The molecule has 0 bridgehead atoms. The van der Waals surface area contributed by atoms with Crippen LogP contribution in [0.1, 0.15) is 48.2 Å². The molecular weight excluding hydrogens is 180 g/mol. The fourth-order valence-electron chi connectivity index (χ4n) is 1.60. The molecule has 2 rings (SSSR count). The first-order chi connectivity index (χ1) is 6.72. The molecule has 1 aliphatic rings. The van der Waals surface area contributed by atoms with Gasteiger partial charge in [-0.3, -0.25) is 4.68 Å². The summed E-state index contributed by atoms with van der Waals surface area (Å²) in [4.78, 5) is 10.9. The molecule has 1 N–H and O–H groups in total. The number of hydrogen-bond donors (Lipinski definition) is 1. The predicted octanol–water partition coefficient (Wildman–Crippen LogP) is 1.87. The molecule has 0 spiro atoms. The first-order valence-electron chi connectivity index (χ1n) is 5.03.